The fourth-order valence-electron chi connectivity index (χ4n) is 3.54. The van der Waals surface area contributed by atoms with E-state index in [1.54, 1.807) is 19.2 Å². The summed E-state index contributed by atoms with van der Waals surface area (Å²) in [5.41, 5.74) is 7.33. The Kier molecular flexibility index (Phi) is 4.62. The van der Waals surface area contributed by atoms with Gasteiger partial charge in [-0.3, -0.25) is 0 Å². The summed E-state index contributed by atoms with van der Waals surface area (Å²) < 4.78 is 19.0. The van der Waals surface area contributed by atoms with E-state index in [2.05, 4.69) is 20.8 Å². The smallest absolute Gasteiger partial charge is 0.124 e. The minimum absolute atomic E-state index is 0.244. The molecule has 1 aliphatic rings. The van der Waals surface area contributed by atoms with E-state index in [0.717, 1.165) is 31.2 Å². The lowest BCUT2D eigenvalue weighted by atomic mass is 9.64. The van der Waals surface area contributed by atoms with Crippen molar-refractivity contribution < 1.29 is 9.13 Å². The molecule has 0 bridgehead atoms. The van der Waals surface area contributed by atoms with Crippen molar-refractivity contribution >= 4 is 0 Å². The molecule has 0 heterocycles. The predicted molar refractivity (Wildman–Crippen MR) is 84.8 cm³/mol. The van der Waals surface area contributed by atoms with E-state index in [9.17, 15) is 4.39 Å². The van der Waals surface area contributed by atoms with Gasteiger partial charge in [0.25, 0.3) is 0 Å². The van der Waals surface area contributed by atoms with Crippen LogP contribution in [0, 0.1) is 17.2 Å². The van der Waals surface area contributed by atoms with Gasteiger partial charge in [0.2, 0.25) is 0 Å². The summed E-state index contributed by atoms with van der Waals surface area (Å²) in [6.07, 6.45) is 5.15. The van der Waals surface area contributed by atoms with E-state index in [1.807, 2.05) is 0 Å². The topological polar surface area (TPSA) is 35.2 Å². The van der Waals surface area contributed by atoms with Gasteiger partial charge in [-0.15, -0.1) is 0 Å². The molecule has 1 aliphatic carbocycles. The lowest BCUT2D eigenvalue weighted by molar-refractivity contribution is 0.114. The standard InChI is InChI=1S/C18H28FNO/c1-5-17(2,3)13-8-10-18(20,11-9-13)15-12-14(19)6-7-16(15)21-4/h6-7,12-13H,5,8-11,20H2,1-4H3. The minimum atomic E-state index is -0.465. The van der Waals surface area contributed by atoms with Crippen molar-refractivity contribution in [1.82, 2.24) is 0 Å². The first-order chi connectivity index (χ1) is 9.82. The van der Waals surface area contributed by atoms with Crippen LogP contribution in [0.5, 0.6) is 5.75 Å². The number of rotatable bonds is 4. The molecule has 1 saturated carbocycles. The lowest BCUT2D eigenvalue weighted by Gasteiger charge is -2.43. The third-order valence-electron chi connectivity index (χ3n) is 5.59. The first-order valence-electron chi connectivity index (χ1n) is 7.95. The van der Waals surface area contributed by atoms with Crippen LogP contribution in [0.3, 0.4) is 0 Å². The minimum Gasteiger partial charge on any atom is -0.496 e. The fourth-order valence-corrected chi connectivity index (χ4v) is 3.54. The second-order valence-corrected chi connectivity index (χ2v) is 7.12. The van der Waals surface area contributed by atoms with Gasteiger partial charge in [-0.25, -0.2) is 4.39 Å². The van der Waals surface area contributed by atoms with Gasteiger partial charge in [-0.2, -0.15) is 0 Å². The molecule has 118 valence electrons. The van der Waals surface area contributed by atoms with Gasteiger partial charge < -0.3 is 10.5 Å². The molecule has 1 aromatic carbocycles. The van der Waals surface area contributed by atoms with Gasteiger partial charge in [0.1, 0.15) is 11.6 Å². The molecule has 1 aromatic rings. The van der Waals surface area contributed by atoms with Crippen LogP contribution in [-0.2, 0) is 5.54 Å². The molecule has 0 saturated heterocycles. The maximum Gasteiger partial charge on any atom is 0.124 e. The molecule has 0 unspecified atom stereocenters. The number of ether oxygens (including phenoxy) is 1. The highest BCUT2D eigenvalue weighted by Crippen LogP contribution is 2.47. The summed E-state index contributed by atoms with van der Waals surface area (Å²) in [5, 5.41) is 0. The Hall–Kier alpha value is -1.09. The van der Waals surface area contributed by atoms with Crippen LogP contribution < -0.4 is 10.5 Å². The molecule has 0 aromatic heterocycles. The molecule has 2 rings (SSSR count). The second kappa shape index (κ2) is 5.96. The summed E-state index contributed by atoms with van der Waals surface area (Å²) in [6, 6.07) is 4.66. The maximum absolute atomic E-state index is 13.6. The molecular formula is C18H28FNO. The molecule has 2 N–H and O–H groups in total. The van der Waals surface area contributed by atoms with Crippen LogP contribution >= 0.6 is 0 Å². The molecule has 0 aliphatic heterocycles. The highest BCUT2D eigenvalue weighted by molar-refractivity contribution is 5.39. The van der Waals surface area contributed by atoms with Crippen molar-refractivity contribution in [3.8, 4) is 5.75 Å². The Morgan fingerprint density at radius 1 is 1.33 bits per heavy atom. The third kappa shape index (κ3) is 3.23. The van der Waals surface area contributed by atoms with Crippen LogP contribution in [0.2, 0.25) is 0 Å². The molecule has 0 radical (unpaired) electrons. The van der Waals surface area contributed by atoms with Crippen molar-refractivity contribution in [2.24, 2.45) is 17.1 Å². The summed E-state index contributed by atoms with van der Waals surface area (Å²) >= 11 is 0. The van der Waals surface area contributed by atoms with Crippen molar-refractivity contribution in [1.29, 1.82) is 0 Å². The Balaban J connectivity index is 2.21. The first-order valence-corrected chi connectivity index (χ1v) is 7.95. The summed E-state index contributed by atoms with van der Waals surface area (Å²) in [7, 11) is 1.62. The van der Waals surface area contributed by atoms with Crippen molar-refractivity contribution in [2.45, 2.75) is 58.4 Å². The van der Waals surface area contributed by atoms with Crippen LogP contribution in [0.4, 0.5) is 4.39 Å². The Morgan fingerprint density at radius 3 is 2.48 bits per heavy atom. The number of methoxy groups -OCH3 is 1. The Morgan fingerprint density at radius 2 is 1.95 bits per heavy atom. The monoisotopic (exact) mass is 293 g/mol. The number of hydrogen-bond donors (Lipinski definition) is 1. The molecule has 0 spiro atoms. The number of nitrogens with two attached hydrogens (primary N) is 1. The quantitative estimate of drug-likeness (QED) is 0.879. The Labute approximate surface area is 127 Å². The summed E-state index contributed by atoms with van der Waals surface area (Å²) in [5.74, 6) is 1.15. The van der Waals surface area contributed by atoms with Gasteiger partial charge in [-0.1, -0.05) is 27.2 Å². The molecule has 1 fully saturated rings. The molecule has 0 atom stereocenters. The predicted octanol–water partition coefficient (Wildman–Crippen LogP) is 4.61. The number of benzene rings is 1. The fraction of sp³-hybridized carbons (Fsp3) is 0.667. The summed E-state index contributed by atoms with van der Waals surface area (Å²) in [6.45, 7) is 6.92. The molecule has 0 amide bonds. The molecule has 3 heteroatoms. The zero-order chi connectivity index (χ0) is 15.7. The van der Waals surface area contributed by atoms with Crippen LogP contribution in [0.1, 0.15) is 58.4 Å². The molecule has 2 nitrogen and oxygen atoms in total. The van der Waals surface area contributed by atoms with Gasteiger partial charge in [0.15, 0.2) is 0 Å². The number of hydrogen-bond acceptors (Lipinski definition) is 2. The van der Waals surface area contributed by atoms with Gasteiger partial charge in [0.05, 0.1) is 7.11 Å². The van der Waals surface area contributed by atoms with Crippen molar-refractivity contribution in [3.63, 3.8) is 0 Å². The normalized spacial score (nSPS) is 26.7. The zero-order valence-electron chi connectivity index (χ0n) is 13.7. The largest absolute Gasteiger partial charge is 0.496 e. The Bertz CT molecular complexity index is 490. The zero-order valence-corrected chi connectivity index (χ0v) is 13.7. The highest BCUT2D eigenvalue weighted by Gasteiger charge is 2.39. The molecular weight excluding hydrogens is 265 g/mol. The van der Waals surface area contributed by atoms with Crippen LogP contribution in [0.25, 0.3) is 0 Å². The number of halogens is 1. The second-order valence-electron chi connectivity index (χ2n) is 7.12. The van der Waals surface area contributed by atoms with Crippen molar-refractivity contribution in [2.75, 3.05) is 7.11 Å². The average Bonchev–Trinajstić information content (AvgIpc) is 2.47. The van der Waals surface area contributed by atoms with Crippen molar-refractivity contribution in [3.05, 3.63) is 29.6 Å². The van der Waals surface area contributed by atoms with Crippen LogP contribution in [-0.4, -0.2) is 7.11 Å². The third-order valence-corrected chi connectivity index (χ3v) is 5.59. The maximum atomic E-state index is 13.6. The lowest BCUT2D eigenvalue weighted by Crippen LogP contribution is -2.43. The van der Waals surface area contributed by atoms with E-state index >= 15 is 0 Å². The SMILES string of the molecule is CCC(C)(C)C1CCC(N)(c2cc(F)ccc2OC)CC1. The average molecular weight is 293 g/mol. The van der Waals surface area contributed by atoms with E-state index in [4.69, 9.17) is 10.5 Å². The van der Waals surface area contributed by atoms with E-state index in [1.165, 1.54) is 12.5 Å². The van der Waals surface area contributed by atoms with Gasteiger partial charge in [0, 0.05) is 11.1 Å². The molecule has 21 heavy (non-hydrogen) atoms. The van der Waals surface area contributed by atoms with E-state index in [0.29, 0.717) is 17.1 Å². The first kappa shape index (κ1) is 16.3. The van der Waals surface area contributed by atoms with E-state index < -0.39 is 5.54 Å². The highest BCUT2D eigenvalue weighted by atomic mass is 19.1. The van der Waals surface area contributed by atoms with Gasteiger partial charge in [-0.05, 0) is 55.2 Å². The van der Waals surface area contributed by atoms with Gasteiger partial charge >= 0.3 is 0 Å². The van der Waals surface area contributed by atoms with E-state index in [-0.39, 0.29) is 5.82 Å². The van der Waals surface area contributed by atoms with Crippen LogP contribution in [0.15, 0.2) is 18.2 Å². The summed E-state index contributed by atoms with van der Waals surface area (Å²) in [4.78, 5) is 0.